The van der Waals surface area contributed by atoms with Gasteiger partial charge < -0.3 is 5.32 Å². The van der Waals surface area contributed by atoms with E-state index in [1.165, 1.54) is 29.5 Å². The van der Waals surface area contributed by atoms with E-state index in [9.17, 15) is 13.2 Å². The van der Waals surface area contributed by atoms with Gasteiger partial charge in [-0.2, -0.15) is 0 Å². The lowest BCUT2D eigenvalue weighted by molar-refractivity contribution is 0.102. The molecule has 0 aliphatic rings. The summed E-state index contributed by atoms with van der Waals surface area (Å²) < 4.78 is 22.8. The van der Waals surface area contributed by atoms with Crippen molar-refractivity contribution in [2.45, 2.75) is 4.90 Å². The number of carbonyl (C=O) groups is 1. The van der Waals surface area contributed by atoms with Crippen LogP contribution in [-0.2, 0) is 10.0 Å². The highest BCUT2D eigenvalue weighted by molar-refractivity contribution is 7.89. The van der Waals surface area contributed by atoms with Crippen molar-refractivity contribution in [3.05, 3.63) is 63.6 Å². The molecular weight excluding hydrogens is 417 g/mol. The Morgan fingerprint density at radius 1 is 1.15 bits per heavy atom. The molecule has 3 N–H and O–H groups in total. The number of halogens is 2. The summed E-state index contributed by atoms with van der Waals surface area (Å²) in [6.45, 7) is 0. The third-order valence-electron chi connectivity index (χ3n) is 3.34. The van der Waals surface area contributed by atoms with E-state index in [1.54, 1.807) is 29.6 Å². The molecule has 2 aromatic carbocycles. The summed E-state index contributed by atoms with van der Waals surface area (Å²) in [4.78, 5) is 16.5. The highest BCUT2D eigenvalue weighted by Gasteiger charge is 2.16. The Bertz CT molecular complexity index is 1100. The van der Waals surface area contributed by atoms with Crippen LogP contribution in [0, 0.1) is 0 Å². The largest absolute Gasteiger partial charge is 0.321 e. The lowest BCUT2D eigenvalue weighted by Crippen LogP contribution is -2.15. The number of nitrogens with one attached hydrogen (secondary N) is 1. The molecule has 0 saturated carbocycles. The van der Waals surface area contributed by atoms with Crippen molar-refractivity contribution in [1.29, 1.82) is 0 Å². The Hall–Kier alpha value is -1.97. The van der Waals surface area contributed by atoms with Crippen molar-refractivity contribution in [2.75, 3.05) is 5.32 Å². The number of nitrogens with zero attached hydrogens (tertiary/aromatic N) is 1. The fourth-order valence-electron chi connectivity index (χ4n) is 2.12. The van der Waals surface area contributed by atoms with Gasteiger partial charge in [0.15, 0.2) is 0 Å². The standard InChI is InChI=1S/C16H11Cl2N3O3S2/c17-12-6-2-5-11(14(12)18)16-21-13(8-25-16)15(22)20-9-3-1-4-10(7-9)26(19,23)24/h1-8H,(H,20,22)(H2,19,23,24). The molecule has 0 saturated heterocycles. The number of anilines is 1. The lowest BCUT2D eigenvalue weighted by atomic mass is 10.2. The van der Waals surface area contributed by atoms with Gasteiger partial charge in [-0.1, -0.05) is 41.4 Å². The van der Waals surface area contributed by atoms with Crippen molar-refractivity contribution < 1.29 is 13.2 Å². The van der Waals surface area contributed by atoms with Crippen LogP contribution < -0.4 is 10.5 Å². The number of sulfonamides is 1. The summed E-state index contributed by atoms with van der Waals surface area (Å²) in [5.41, 5.74) is 1.08. The Kier molecular flexibility index (Phi) is 5.31. The first-order valence-electron chi connectivity index (χ1n) is 7.10. The number of aromatic nitrogens is 1. The molecule has 0 fully saturated rings. The number of hydrogen-bond acceptors (Lipinski definition) is 5. The highest BCUT2D eigenvalue weighted by atomic mass is 35.5. The van der Waals surface area contributed by atoms with Gasteiger partial charge in [-0.15, -0.1) is 11.3 Å². The third kappa shape index (κ3) is 4.05. The van der Waals surface area contributed by atoms with E-state index < -0.39 is 15.9 Å². The molecule has 0 bridgehead atoms. The summed E-state index contributed by atoms with van der Waals surface area (Å²) in [7, 11) is -3.86. The van der Waals surface area contributed by atoms with Gasteiger partial charge >= 0.3 is 0 Å². The van der Waals surface area contributed by atoms with Gasteiger partial charge in [0.25, 0.3) is 5.91 Å². The summed E-state index contributed by atoms with van der Waals surface area (Å²) in [6.07, 6.45) is 0. The molecule has 1 aromatic heterocycles. The van der Waals surface area contributed by atoms with Crippen LogP contribution in [0.1, 0.15) is 10.5 Å². The number of thiazole rings is 1. The van der Waals surface area contributed by atoms with Crippen LogP contribution in [0.25, 0.3) is 10.6 Å². The second-order valence-electron chi connectivity index (χ2n) is 5.17. The van der Waals surface area contributed by atoms with E-state index >= 15 is 0 Å². The monoisotopic (exact) mass is 427 g/mol. The number of benzene rings is 2. The van der Waals surface area contributed by atoms with Crippen LogP contribution in [0.3, 0.4) is 0 Å². The van der Waals surface area contributed by atoms with Crippen molar-refractivity contribution >= 4 is 56.2 Å². The number of nitrogens with two attached hydrogens (primary N) is 1. The van der Waals surface area contributed by atoms with Crippen LogP contribution in [-0.4, -0.2) is 19.3 Å². The molecule has 134 valence electrons. The van der Waals surface area contributed by atoms with Gasteiger partial charge in [0.2, 0.25) is 10.0 Å². The first-order valence-corrected chi connectivity index (χ1v) is 10.3. The van der Waals surface area contributed by atoms with Crippen LogP contribution in [0.5, 0.6) is 0 Å². The van der Waals surface area contributed by atoms with Crippen molar-refractivity contribution in [1.82, 2.24) is 4.98 Å². The van der Waals surface area contributed by atoms with Crippen molar-refractivity contribution in [2.24, 2.45) is 5.14 Å². The molecule has 0 atom stereocenters. The fourth-order valence-corrected chi connectivity index (χ4v) is 3.95. The van der Waals surface area contributed by atoms with Crippen LogP contribution in [0.4, 0.5) is 5.69 Å². The molecule has 0 aliphatic carbocycles. The second kappa shape index (κ2) is 7.34. The Morgan fingerprint density at radius 3 is 2.62 bits per heavy atom. The predicted octanol–water partition coefficient (Wildman–Crippen LogP) is 4.02. The lowest BCUT2D eigenvalue weighted by Gasteiger charge is -2.05. The van der Waals surface area contributed by atoms with Gasteiger partial charge in [0.1, 0.15) is 10.7 Å². The van der Waals surface area contributed by atoms with Gasteiger partial charge in [-0.25, -0.2) is 18.5 Å². The fraction of sp³-hybridized carbons (Fsp3) is 0. The number of primary sulfonamides is 1. The average molecular weight is 428 g/mol. The number of rotatable bonds is 4. The van der Waals surface area contributed by atoms with E-state index in [4.69, 9.17) is 28.3 Å². The summed E-state index contributed by atoms with van der Waals surface area (Å²) >= 11 is 13.4. The van der Waals surface area contributed by atoms with Gasteiger partial charge in [0, 0.05) is 16.6 Å². The maximum Gasteiger partial charge on any atom is 0.275 e. The summed E-state index contributed by atoms with van der Waals surface area (Å²) in [5.74, 6) is -0.489. The van der Waals surface area contributed by atoms with E-state index in [1.807, 2.05) is 0 Å². The Morgan fingerprint density at radius 2 is 1.88 bits per heavy atom. The Labute approximate surface area is 163 Å². The van der Waals surface area contributed by atoms with Gasteiger partial charge in [-0.05, 0) is 24.3 Å². The molecule has 0 unspecified atom stereocenters. The number of amides is 1. The first kappa shape index (κ1) is 18.8. The smallest absolute Gasteiger partial charge is 0.275 e. The normalized spacial score (nSPS) is 11.3. The predicted molar refractivity (Wildman–Crippen MR) is 103 cm³/mol. The quantitative estimate of drug-likeness (QED) is 0.655. The molecule has 1 heterocycles. The molecule has 10 heteroatoms. The van der Waals surface area contributed by atoms with Crippen molar-refractivity contribution in [3.8, 4) is 10.6 Å². The molecule has 3 rings (SSSR count). The zero-order valence-corrected chi connectivity index (χ0v) is 16.1. The maximum absolute atomic E-state index is 12.4. The molecule has 0 aliphatic heterocycles. The van der Waals surface area contributed by atoms with Gasteiger partial charge in [-0.3, -0.25) is 4.79 Å². The van der Waals surface area contributed by atoms with E-state index in [0.717, 1.165) is 0 Å². The van der Waals surface area contributed by atoms with Crippen LogP contribution >= 0.6 is 34.5 Å². The minimum absolute atomic E-state index is 0.0972. The zero-order valence-electron chi connectivity index (χ0n) is 12.9. The molecule has 6 nitrogen and oxygen atoms in total. The Balaban J connectivity index is 1.84. The summed E-state index contributed by atoms with van der Waals surface area (Å²) in [5, 5.41) is 10.5. The second-order valence-corrected chi connectivity index (χ2v) is 8.37. The van der Waals surface area contributed by atoms with E-state index in [2.05, 4.69) is 10.3 Å². The first-order chi connectivity index (χ1) is 12.3. The minimum Gasteiger partial charge on any atom is -0.321 e. The number of hydrogen-bond donors (Lipinski definition) is 2. The molecule has 3 aromatic rings. The highest BCUT2D eigenvalue weighted by Crippen LogP contribution is 2.35. The van der Waals surface area contributed by atoms with E-state index in [-0.39, 0.29) is 16.3 Å². The molecule has 0 spiro atoms. The molecule has 1 amide bonds. The van der Waals surface area contributed by atoms with Crippen molar-refractivity contribution in [3.63, 3.8) is 0 Å². The average Bonchev–Trinajstić information content (AvgIpc) is 3.07. The number of carbonyl (C=O) groups excluding carboxylic acids is 1. The van der Waals surface area contributed by atoms with E-state index in [0.29, 0.717) is 20.6 Å². The maximum atomic E-state index is 12.4. The molecule has 26 heavy (non-hydrogen) atoms. The molecule has 0 radical (unpaired) electrons. The third-order valence-corrected chi connectivity index (χ3v) is 5.94. The topological polar surface area (TPSA) is 102 Å². The van der Waals surface area contributed by atoms with Crippen LogP contribution in [0.15, 0.2) is 52.7 Å². The summed E-state index contributed by atoms with van der Waals surface area (Å²) in [6, 6.07) is 10.8. The minimum atomic E-state index is -3.86. The molecular formula is C16H11Cl2N3O3S2. The van der Waals surface area contributed by atoms with Gasteiger partial charge in [0.05, 0.1) is 14.9 Å². The zero-order chi connectivity index (χ0) is 18.9. The van der Waals surface area contributed by atoms with Crippen LogP contribution in [0.2, 0.25) is 10.0 Å². The SMILES string of the molecule is NS(=O)(=O)c1cccc(NC(=O)c2csc(-c3cccc(Cl)c3Cl)n2)c1.